The molecule has 0 spiro atoms. The zero-order valence-corrected chi connectivity index (χ0v) is 24.3. The number of rotatable bonds is 7. The lowest BCUT2D eigenvalue weighted by atomic mass is 9.49. The molecule has 3 aromatic rings. The second-order valence-corrected chi connectivity index (χ2v) is 14.4. The molecule has 0 radical (unpaired) electrons. The fourth-order valence-electron chi connectivity index (χ4n) is 8.48. The Morgan fingerprint density at radius 2 is 1.67 bits per heavy atom. The molecule has 0 atom stereocenters. The van der Waals surface area contributed by atoms with Crippen molar-refractivity contribution in [3.05, 3.63) is 42.6 Å². The predicted octanol–water partition coefficient (Wildman–Crippen LogP) is 7.76. The Kier molecular flexibility index (Phi) is 6.24. The van der Waals surface area contributed by atoms with Crippen molar-refractivity contribution in [2.75, 3.05) is 12.4 Å². The second-order valence-electron chi connectivity index (χ2n) is 14.4. The number of imidazole rings is 1. The van der Waals surface area contributed by atoms with E-state index in [0.717, 1.165) is 48.4 Å². The lowest BCUT2D eigenvalue weighted by Crippen LogP contribution is -2.51. The molecule has 2 aromatic heterocycles. The van der Waals surface area contributed by atoms with Gasteiger partial charge in [0.05, 0.1) is 12.5 Å². The summed E-state index contributed by atoms with van der Waals surface area (Å²) in [4.78, 5) is 18.6. The van der Waals surface area contributed by atoms with Gasteiger partial charge in [-0.25, -0.2) is 4.98 Å². The average Bonchev–Trinajstić information content (AvgIpc) is 3.19. The molecular weight excluding hydrogens is 486 g/mol. The van der Waals surface area contributed by atoms with Crippen molar-refractivity contribution in [1.82, 2.24) is 9.38 Å². The van der Waals surface area contributed by atoms with Crippen LogP contribution in [0.1, 0.15) is 79.6 Å². The number of pyridine rings is 1. The van der Waals surface area contributed by atoms with Crippen LogP contribution in [-0.2, 0) is 4.79 Å². The maximum atomic E-state index is 13.6. The summed E-state index contributed by atoms with van der Waals surface area (Å²) in [5.74, 6) is 4.01. The summed E-state index contributed by atoms with van der Waals surface area (Å²) >= 11 is 0. The van der Waals surface area contributed by atoms with Gasteiger partial charge in [0.15, 0.2) is 11.5 Å². The van der Waals surface area contributed by atoms with Crippen LogP contribution in [0.4, 0.5) is 5.82 Å². The molecule has 0 amide bonds. The van der Waals surface area contributed by atoms with Crippen LogP contribution in [0.2, 0.25) is 0 Å². The first-order valence-electron chi connectivity index (χ1n) is 14.6. The molecule has 7 rings (SSSR count). The number of methoxy groups -OCH3 is 1. The van der Waals surface area contributed by atoms with Gasteiger partial charge in [0.25, 0.3) is 0 Å². The van der Waals surface area contributed by atoms with E-state index in [0.29, 0.717) is 29.3 Å². The number of hydrogen-bond acceptors (Lipinski definition) is 5. The molecule has 4 saturated carbocycles. The van der Waals surface area contributed by atoms with Crippen LogP contribution in [-0.4, -0.2) is 28.0 Å². The van der Waals surface area contributed by atoms with E-state index < -0.39 is 0 Å². The minimum Gasteiger partial charge on any atom is -0.493 e. The van der Waals surface area contributed by atoms with Gasteiger partial charge in [0, 0.05) is 17.3 Å². The van der Waals surface area contributed by atoms with Crippen molar-refractivity contribution in [2.45, 2.75) is 85.1 Å². The van der Waals surface area contributed by atoms with Gasteiger partial charge in [-0.05, 0) is 112 Å². The molecule has 6 nitrogen and oxygen atoms in total. The fraction of sp³-hybridized carbons (Fsp3) is 0.576. The quantitative estimate of drug-likeness (QED) is 0.250. The van der Waals surface area contributed by atoms with Crippen LogP contribution in [0.25, 0.3) is 16.9 Å². The highest BCUT2D eigenvalue weighted by Gasteiger charge is 2.55. The molecular formula is C33H43N3O3. The second kappa shape index (κ2) is 9.28. The Morgan fingerprint density at radius 3 is 2.28 bits per heavy atom. The number of nitrogens with zero attached hydrogens (tertiary/aromatic N) is 2. The topological polar surface area (TPSA) is 64.9 Å². The van der Waals surface area contributed by atoms with E-state index in [4.69, 9.17) is 14.5 Å². The first-order valence-corrected chi connectivity index (χ1v) is 14.6. The summed E-state index contributed by atoms with van der Waals surface area (Å²) in [5.41, 5.74) is 2.34. The van der Waals surface area contributed by atoms with Gasteiger partial charge in [-0.3, -0.25) is 9.20 Å². The molecule has 2 heterocycles. The molecule has 6 heteroatoms. The van der Waals surface area contributed by atoms with Gasteiger partial charge in [0.2, 0.25) is 0 Å². The summed E-state index contributed by atoms with van der Waals surface area (Å²) in [5, 5.41) is 3.80. The third-order valence-corrected chi connectivity index (χ3v) is 9.07. The van der Waals surface area contributed by atoms with E-state index in [1.54, 1.807) is 7.11 Å². The van der Waals surface area contributed by atoms with E-state index in [1.165, 1.54) is 19.3 Å². The molecule has 0 unspecified atom stereocenters. The summed E-state index contributed by atoms with van der Waals surface area (Å²) in [6.07, 6.45) is 9.88. The van der Waals surface area contributed by atoms with Crippen molar-refractivity contribution in [1.29, 1.82) is 0 Å². The number of hydrogen-bond donors (Lipinski definition) is 1. The number of carbonyl (C=O) groups excluding carboxylic acids is 1. The molecule has 1 N–H and O–H groups in total. The number of benzene rings is 1. The monoisotopic (exact) mass is 529 g/mol. The Bertz CT molecular complexity index is 1360. The van der Waals surface area contributed by atoms with Gasteiger partial charge < -0.3 is 14.8 Å². The Balaban J connectivity index is 1.31. The van der Waals surface area contributed by atoms with E-state index in [1.807, 2.05) is 42.6 Å². The molecule has 4 aliphatic rings. The molecule has 4 fully saturated rings. The van der Waals surface area contributed by atoms with Crippen LogP contribution in [0.3, 0.4) is 0 Å². The smallest absolute Gasteiger partial charge is 0.317 e. The SMILES string of the molecule is COc1cc(-c2nc3ccccn3c2NC(C)(C)CC(C)(C)C)ccc1OC(=O)C12CC3CC(CC(C3)C1)C2. The van der Waals surface area contributed by atoms with E-state index >= 15 is 0 Å². The Labute approximate surface area is 232 Å². The van der Waals surface area contributed by atoms with Gasteiger partial charge >= 0.3 is 5.97 Å². The van der Waals surface area contributed by atoms with Crippen molar-refractivity contribution >= 4 is 17.4 Å². The molecule has 0 saturated heterocycles. The zero-order valence-electron chi connectivity index (χ0n) is 24.3. The Morgan fingerprint density at radius 1 is 1.00 bits per heavy atom. The number of fused-ring (bicyclic) bond motifs is 1. The van der Waals surface area contributed by atoms with Gasteiger partial charge in [-0.15, -0.1) is 0 Å². The lowest BCUT2D eigenvalue weighted by Gasteiger charge is -2.55. The highest BCUT2D eigenvalue weighted by atomic mass is 16.6. The number of nitrogens with one attached hydrogen (secondary N) is 1. The van der Waals surface area contributed by atoms with E-state index in [-0.39, 0.29) is 22.3 Å². The number of esters is 1. The molecule has 1 aromatic carbocycles. The number of anilines is 1. The minimum atomic E-state index is -0.310. The fourth-order valence-corrected chi connectivity index (χ4v) is 8.48. The van der Waals surface area contributed by atoms with Crippen LogP contribution in [0.5, 0.6) is 11.5 Å². The van der Waals surface area contributed by atoms with Crippen LogP contribution >= 0.6 is 0 Å². The normalized spacial score (nSPS) is 26.2. The molecule has 4 aliphatic carbocycles. The van der Waals surface area contributed by atoms with Gasteiger partial charge in [0.1, 0.15) is 17.2 Å². The van der Waals surface area contributed by atoms with Crippen LogP contribution in [0.15, 0.2) is 42.6 Å². The maximum Gasteiger partial charge on any atom is 0.317 e. The summed E-state index contributed by atoms with van der Waals surface area (Å²) < 4.78 is 14.0. The van der Waals surface area contributed by atoms with E-state index in [2.05, 4.69) is 44.3 Å². The summed E-state index contributed by atoms with van der Waals surface area (Å²) in [7, 11) is 1.64. The highest BCUT2D eigenvalue weighted by molar-refractivity contribution is 5.82. The van der Waals surface area contributed by atoms with E-state index in [9.17, 15) is 4.79 Å². The molecule has 4 bridgehead atoms. The number of carbonyl (C=O) groups is 1. The first kappa shape index (κ1) is 26.2. The minimum absolute atomic E-state index is 0.0633. The average molecular weight is 530 g/mol. The standard InChI is InChI=1S/C33H43N3O3/c1-31(2,3)20-32(4,5)35-29-28(34-27-9-7-8-12-36(27)29)24-10-11-25(26(16-24)38-6)39-30(37)33-17-21-13-22(18-33)15-23(14-21)19-33/h7-12,16,21-23,35H,13-15,17-20H2,1-6H3. The highest BCUT2D eigenvalue weighted by Crippen LogP contribution is 2.60. The molecule has 208 valence electrons. The van der Waals surface area contributed by atoms with Crippen LogP contribution in [0, 0.1) is 28.6 Å². The van der Waals surface area contributed by atoms with Gasteiger partial charge in [-0.1, -0.05) is 26.8 Å². The Hall–Kier alpha value is -3.02. The largest absolute Gasteiger partial charge is 0.493 e. The first-order chi connectivity index (χ1) is 18.4. The number of ether oxygens (including phenoxy) is 2. The summed E-state index contributed by atoms with van der Waals surface area (Å²) in [6.45, 7) is 11.3. The van der Waals surface area contributed by atoms with Gasteiger partial charge in [-0.2, -0.15) is 0 Å². The molecule has 0 aliphatic heterocycles. The lowest BCUT2D eigenvalue weighted by molar-refractivity contribution is -0.161. The van der Waals surface area contributed by atoms with Crippen molar-refractivity contribution in [3.63, 3.8) is 0 Å². The zero-order chi connectivity index (χ0) is 27.6. The summed E-state index contributed by atoms with van der Waals surface area (Å²) in [6, 6.07) is 11.9. The van der Waals surface area contributed by atoms with Crippen molar-refractivity contribution in [2.24, 2.45) is 28.6 Å². The maximum absolute atomic E-state index is 13.6. The third-order valence-electron chi connectivity index (χ3n) is 9.07. The van der Waals surface area contributed by atoms with Crippen LogP contribution < -0.4 is 14.8 Å². The van der Waals surface area contributed by atoms with Crippen molar-refractivity contribution in [3.8, 4) is 22.8 Å². The number of aromatic nitrogens is 2. The molecule has 39 heavy (non-hydrogen) atoms. The third kappa shape index (κ3) is 5.03. The van der Waals surface area contributed by atoms with Crippen molar-refractivity contribution < 1.29 is 14.3 Å². The predicted molar refractivity (Wildman–Crippen MR) is 155 cm³/mol.